The molecule has 0 saturated carbocycles. The number of ketones is 4. The van der Waals surface area contributed by atoms with Gasteiger partial charge in [0.05, 0.1) is 11.1 Å². The van der Waals surface area contributed by atoms with Crippen LogP contribution < -0.4 is 0 Å². The van der Waals surface area contributed by atoms with Gasteiger partial charge in [0.15, 0.2) is 23.1 Å². The van der Waals surface area contributed by atoms with E-state index in [1.54, 1.807) is 145 Å². The molecule has 12 heteroatoms. The van der Waals surface area contributed by atoms with E-state index in [0.29, 0.717) is 86.7 Å². The van der Waals surface area contributed by atoms with Crippen LogP contribution in [-0.2, 0) is 9.47 Å². The van der Waals surface area contributed by atoms with Gasteiger partial charge >= 0.3 is 11.9 Å². The minimum atomic E-state index is -0.468. The summed E-state index contributed by atoms with van der Waals surface area (Å²) in [6, 6.07) is 38.2. The zero-order chi connectivity index (χ0) is 41.6. The molecule has 0 spiro atoms. The molecule has 0 amide bonds. The van der Waals surface area contributed by atoms with Crippen LogP contribution in [0, 0.1) is 0 Å². The maximum Gasteiger partial charge on any atom is 0.339 e. The molecule has 0 saturated heterocycles. The molecule has 0 N–H and O–H groups in total. The van der Waals surface area contributed by atoms with Crippen LogP contribution in [0.3, 0.4) is 0 Å². The monoisotopic (exact) mass is 866 g/mol. The van der Waals surface area contributed by atoms with Crippen LogP contribution in [0.5, 0.6) is 0 Å². The molecule has 0 fully saturated rings. The second-order valence-corrected chi connectivity index (χ2v) is 18.1. The van der Waals surface area contributed by atoms with Crippen LogP contribution in [-0.4, -0.2) is 71.3 Å². The first kappa shape index (κ1) is 41.1. The van der Waals surface area contributed by atoms with Gasteiger partial charge in [0, 0.05) is 87.1 Å². The first-order valence-corrected chi connectivity index (χ1v) is 22.9. The summed E-state index contributed by atoms with van der Waals surface area (Å²) in [5.74, 6) is 1.06. The highest BCUT2D eigenvalue weighted by atomic mass is 32.2. The van der Waals surface area contributed by atoms with Crippen LogP contribution >= 0.6 is 47.0 Å². The minimum absolute atomic E-state index is 0.196. The van der Waals surface area contributed by atoms with Crippen molar-refractivity contribution in [2.24, 2.45) is 0 Å². The van der Waals surface area contributed by atoms with E-state index in [0.717, 1.165) is 11.5 Å². The third-order valence-corrected chi connectivity index (χ3v) is 14.2. The van der Waals surface area contributed by atoms with E-state index in [-0.39, 0.29) is 36.3 Å². The largest absolute Gasteiger partial charge is 0.461 e. The summed E-state index contributed by atoms with van der Waals surface area (Å²) >= 11 is 5.82. The third kappa shape index (κ3) is 8.51. The van der Waals surface area contributed by atoms with Gasteiger partial charge in [0.2, 0.25) is 0 Å². The molecule has 8 rings (SSSR count). The Bertz CT molecular complexity index is 2520. The molecule has 0 atom stereocenters. The molecule has 8 nitrogen and oxygen atoms in total. The summed E-state index contributed by atoms with van der Waals surface area (Å²) in [5, 5.41) is 0. The van der Waals surface area contributed by atoms with Gasteiger partial charge in [-0.25, -0.2) is 9.59 Å². The highest BCUT2D eigenvalue weighted by molar-refractivity contribution is 8.03. The highest BCUT2D eigenvalue weighted by Gasteiger charge is 2.33. The zero-order valence-electron chi connectivity index (χ0n) is 31.8. The van der Waals surface area contributed by atoms with E-state index in [1.165, 1.54) is 23.5 Å². The minimum Gasteiger partial charge on any atom is -0.461 e. The summed E-state index contributed by atoms with van der Waals surface area (Å²) in [6.45, 7) is 0.437. The lowest BCUT2D eigenvalue weighted by Crippen LogP contribution is -2.21. The van der Waals surface area contributed by atoms with Gasteiger partial charge in [-0.15, -0.1) is 0 Å². The van der Waals surface area contributed by atoms with Crippen LogP contribution in [0.1, 0.15) is 84.4 Å². The zero-order valence-corrected chi connectivity index (χ0v) is 35.1. The summed E-state index contributed by atoms with van der Waals surface area (Å²) in [7, 11) is 0. The Balaban J connectivity index is 0.773. The number of fused-ring (bicyclic) bond motifs is 4. The fourth-order valence-electron chi connectivity index (χ4n) is 6.95. The summed E-state index contributed by atoms with van der Waals surface area (Å²) in [4.78, 5) is 82.3. The highest BCUT2D eigenvalue weighted by Crippen LogP contribution is 2.40. The first-order chi connectivity index (χ1) is 29.3. The summed E-state index contributed by atoms with van der Waals surface area (Å²) in [5.41, 5.74) is 3.68. The van der Waals surface area contributed by atoms with Crippen molar-refractivity contribution in [3.63, 3.8) is 0 Å². The summed E-state index contributed by atoms with van der Waals surface area (Å²) < 4.78 is 11.2. The lowest BCUT2D eigenvalue weighted by Gasteiger charge is -2.20. The topological polar surface area (TPSA) is 121 Å². The Hall–Kier alpha value is -5.66. The lowest BCUT2D eigenvalue weighted by molar-refractivity contribution is 0.0517. The van der Waals surface area contributed by atoms with Gasteiger partial charge < -0.3 is 9.47 Å². The van der Waals surface area contributed by atoms with Crippen molar-refractivity contribution in [1.82, 2.24) is 0 Å². The number of ether oxygens (including phenoxy) is 2. The Labute approximate surface area is 363 Å². The van der Waals surface area contributed by atoms with Gasteiger partial charge in [-0.1, -0.05) is 121 Å². The average molecular weight is 867 g/mol. The molecular formula is C48H34O8S4. The van der Waals surface area contributed by atoms with Crippen molar-refractivity contribution < 1.29 is 38.2 Å². The fraction of sp³-hybridized carbons (Fsp3) is 0.125. The molecule has 60 heavy (non-hydrogen) atoms. The molecule has 6 aromatic carbocycles. The number of benzene rings is 6. The number of thioether (sulfide) groups is 2. The van der Waals surface area contributed by atoms with E-state index < -0.39 is 11.9 Å². The second kappa shape index (κ2) is 18.7. The van der Waals surface area contributed by atoms with Crippen molar-refractivity contribution in [1.29, 1.82) is 0 Å². The number of esters is 2. The van der Waals surface area contributed by atoms with Crippen molar-refractivity contribution >= 4 is 82.1 Å². The Morgan fingerprint density at radius 1 is 0.367 bits per heavy atom. The van der Waals surface area contributed by atoms with Crippen LogP contribution in [0.4, 0.5) is 0 Å². The first-order valence-electron chi connectivity index (χ1n) is 19.0. The summed E-state index contributed by atoms with van der Waals surface area (Å²) in [6.07, 6.45) is 0. The van der Waals surface area contributed by atoms with E-state index in [9.17, 15) is 28.8 Å². The quantitative estimate of drug-likeness (QED) is 0.0721. The van der Waals surface area contributed by atoms with Crippen molar-refractivity contribution in [2.75, 3.05) is 36.2 Å². The van der Waals surface area contributed by atoms with Gasteiger partial charge in [-0.3, -0.25) is 19.2 Å². The Morgan fingerprint density at radius 2 is 0.700 bits per heavy atom. The number of hydrogen-bond acceptors (Lipinski definition) is 12. The molecule has 0 aliphatic heterocycles. The van der Waals surface area contributed by atoms with Crippen molar-refractivity contribution in [2.45, 2.75) is 19.6 Å². The average Bonchev–Trinajstić information content (AvgIpc) is 3.28. The molecule has 2 aliphatic carbocycles. The third-order valence-electron chi connectivity index (χ3n) is 9.78. The number of hydrogen-bond donors (Lipinski definition) is 0. The molecular weight excluding hydrogens is 833 g/mol. The second-order valence-electron chi connectivity index (χ2n) is 13.5. The molecule has 0 aromatic heterocycles. The SMILES string of the molecule is O=C(OCCSCCSCCOC(=O)c1ccccc1Sc1cccc2c1C(=O)c1ccccc1C2=O)c1ccccc1Sc1cccc2c1C(=O)c1ccccc1C2=O. The molecule has 0 bridgehead atoms. The predicted octanol–water partition coefficient (Wildman–Crippen LogP) is 10.0. The predicted molar refractivity (Wildman–Crippen MR) is 236 cm³/mol. The molecule has 0 heterocycles. The molecule has 2 aliphatic rings. The standard InChI is InChI=1S/C48H34O8S4/c49-43-29-11-1-3-13-31(29)45(51)41-35(43)17-9-21-39(41)59-37-19-7-5-15-33(37)47(53)55-23-25-57-27-28-58-26-24-56-48(54)34-16-6-8-20-38(34)60-40-22-10-18-36-42(40)46(52)32-14-4-2-12-30(32)44(36)50/h1-22H,23-28H2. The number of rotatable bonds is 15. The van der Waals surface area contributed by atoms with Crippen LogP contribution in [0.2, 0.25) is 0 Å². The Kier molecular flexibility index (Phi) is 12.8. The molecule has 0 unspecified atom stereocenters. The van der Waals surface area contributed by atoms with Crippen molar-refractivity contribution in [3.05, 3.63) is 189 Å². The van der Waals surface area contributed by atoms with E-state index in [4.69, 9.17) is 9.47 Å². The normalized spacial score (nSPS) is 12.6. The van der Waals surface area contributed by atoms with E-state index >= 15 is 0 Å². The molecule has 298 valence electrons. The lowest BCUT2D eigenvalue weighted by atomic mass is 9.84. The van der Waals surface area contributed by atoms with Gasteiger partial charge in [0.1, 0.15) is 13.2 Å². The molecule has 6 aromatic rings. The maximum atomic E-state index is 13.5. The van der Waals surface area contributed by atoms with Gasteiger partial charge in [0.25, 0.3) is 0 Å². The van der Waals surface area contributed by atoms with Gasteiger partial charge in [-0.2, -0.15) is 23.5 Å². The molecule has 0 radical (unpaired) electrons. The smallest absolute Gasteiger partial charge is 0.339 e. The van der Waals surface area contributed by atoms with Crippen molar-refractivity contribution in [3.8, 4) is 0 Å². The fourth-order valence-corrected chi connectivity index (χ4v) is 10.9. The van der Waals surface area contributed by atoms with Gasteiger partial charge in [-0.05, 0) is 36.4 Å². The number of carbonyl (C=O) groups is 6. The van der Waals surface area contributed by atoms with Crippen LogP contribution in [0.25, 0.3) is 0 Å². The van der Waals surface area contributed by atoms with E-state index in [1.807, 2.05) is 12.1 Å². The van der Waals surface area contributed by atoms with E-state index in [2.05, 4.69) is 0 Å². The Morgan fingerprint density at radius 3 is 1.12 bits per heavy atom. The van der Waals surface area contributed by atoms with Crippen LogP contribution in [0.15, 0.2) is 153 Å². The maximum absolute atomic E-state index is 13.5. The number of carbonyl (C=O) groups excluding carboxylic acids is 6.